The van der Waals surface area contributed by atoms with Crippen LogP contribution in [0.5, 0.6) is 0 Å². The molecule has 1 atom stereocenters. The van der Waals surface area contributed by atoms with Gasteiger partial charge in [-0.15, -0.1) is 12.4 Å². The Morgan fingerprint density at radius 2 is 2.22 bits per heavy atom. The van der Waals surface area contributed by atoms with Crippen molar-refractivity contribution in [3.8, 4) is 0 Å². The van der Waals surface area contributed by atoms with Crippen LogP contribution < -0.4 is 5.32 Å². The van der Waals surface area contributed by atoms with Gasteiger partial charge in [-0.2, -0.15) is 0 Å². The lowest BCUT2D eigenvalue weighted by Crippen LogP contribution is -2.34. The largest absolute Gasteiger partial charge is 0.377 e. The van der Waals surface area contributed by atoms with Gasteiger partial charge in [0.1, 0.15) is 0 Å². The van der Waals surface area contributed by atoms with Crippen LogP contribution in [0.15, 0.2) is 24.3 Å². The first-order valence-corrected chi connectivity index (χ1v) is 6.71. The van der Waals surface area contributed by atoms with Crippen LogP contribution in [-0.2, 0) is 11.3 Å². The van der Waals surface area contributed by atoms with Crippen LogP contribution in [0.1, 0.15) is 36.8 Å². The van der Waals surface area contributed by atoms with E-state index in [2.05, 4.69) is 36.5 Å². The van der Waals surface area contributed by atoms with Gasteiger partial charge in [-0.1, -0.05) is 36.2 Å². The number of ether oxygens (including phenoxy) is 1. The summed E-state index contributed by atoms with van der Waals surface area (Å²) in [5, 5.41) is 3.55. The summed E-state index contributed by atoms with van der Waals surface area (Å²) in [6.45, 7) is 4.91. The number of hydrogen-bond donors (Lipinski definition) is 1. The minimum absolute atomic E-state index is 0. The van der Waals surface area contributed by atoms with E-state index in [1.165, 1.54) is 36.9 Å². The van der Waals surface area contributed by atoms with E-state index in [0.717, 1.165) is 19.6 Å². The van der Waals surface area contributed by atoms with Crippen LogP contribution in [0.3, 0.4) is 0 Å². The molecule has 18 heavy (non-hydrogen) atoms. The van der Waals surface area contributed by atoms with Crippen molar-refractivity contribution in [3.05, 3.63) is 35.4 Å². The molecule has 1 saturated heterocycles. The molecule has 0 aromatic heterocycles. The molecule has 1 N–H and O–H groups in total. The summed E-state index contributed by atoms with van der Waals surface area (Å²) in [5.41, 5.74) is 2.58. The number of hydrogen-bond acceptors (Lipinski definition) is 2. The van der Waals surface area contributed by atoms with Crippen molar-refractivity contribution >= 4 is 12.4 Å². The SMILES string of the molecule is Cc1cccc(COCCC2CCCCN2)c1.Cl. The van der Waals surface area contributed by atoms with Gasteiger partial charge in [-0.25, -0.2) is 0 Å². The van der Waals surface area contributed by atoms with E-state index >= 15 is 0 Å². The molecule has 1 unspecified atom stereocenters. The Balaban J connectivity index is 0.00000162. The highest BCUT2D eigenvalue weighted by atomic mass is 35.5. The molecule has 0 amide bonds. The Kier molecular flexibility index (Phi) is 7.33. The molecule has 0 aliphatic carbocycles. The smallest absolute Gasteiger partial charge is 0.0716 e. The molecular weight excluding hydrogens is 246 g/mol. The van der Waals surface area contributed by atoms with Gasteiger partial charge < -0.3 is 10.1 Å². The Labute approximate surface area is 117 Å². The predicted octanol–water partition coefficient (Wildman–Crippen LogP) is 3.47. The fourth-order valence-corrected chi connectivity index (χ4v) is 2.39. The second kappa shape index (κ2) is 8.52. The fraction of sp³-hybridized carbons (Fsp3) is 0.600. The lowest BCUT2D eigenvalue weighted by atomic mass is 10.0. The minimum Gasteiger partial charge on any atom is -0.377 e. The Morgan fingerprint density at radius 1 is 1.33 bits per heavy atom. The molecule has 0 saturated carbocycles. The van der Waals surface area contributed by atoms with Gasteiger partial charge in [0.15, 0.2) is 0 Å². The zero-order chi connectivity index (χ0) is 11.9. The number of benzene rings is 1. The number of rotatable bonds is 5. The Morgan fingerprint density at radius 3 is 2.94 bits per heavy atom. The summed E-state index contributed by atoms with van der Waals surface area (Å²) in [7, 11) is 0. The lowest BCUT2D eigenvalue weighted by Gasteiger charge is -2.23. The molecule has 0 bridgehead atoms. The molecule has 1 fully saturated rings. The molecule has 1 aromatic rings. The summed E-state index contributed by atoms with van der Waals surface area (Å²) in [4.78, 5) is 0. The normalized spacial score (nSPS) is 19.3. The third-order valence-corrected chi connectivity index (χ3v) is 3.37. The predicted molar refractivity (Wildman–Crippen MR) is 78.3 cm³/mol. The van der Waals surface area contributed by atoms with Gasteiger partial charge in [0, 0.05) is 12.6 Å². The second-order valence-corrected chi connectivity index (χ2v) is 4.98. The molecule has 1 heterocycles. The quantitative estimate of drug-likeness (QED) is 0.827. The van der Waals surface area contributed by atoms with Crippen molar-refractivity contribution in [1.29, 1.82) is 0 Å². The van der Waals surface area contributed by atoms with E-state index in [9.17, 15) is 0 Å². The average Bonchev–Trinajstić information content (AvgIpc) is 2.36. The maximum atomic E-state index is 5.74. The number of nitrogens with one attached hydrogen (secondary N) is 1. The van der Waals surface area contributed by atoms with Gasteiger partial charge in [0.2, 0.25) is 0 Å². The van der Waals surface area contributed by atoms with Crippen LogP contribution >= 0.6 is 12.4 Å². The standard InChI is InChI=1S/C15H23NO.ClH/c1-13-5-4-6-14(11-13)12-17-10-8-15-7-2-3-9-16-15;/h4-6,11,15-16H,2-3,7-10,12H2,1H3;1H. The third kappa shape index (κ3) is 5.38. The number of halogens is 1. The van der Waals surface area contributed by atoms with E-state index in [-0.39, 0.29) is 12.4 Å². The molecule has 0 radical (unpaired) electrons. The summed E-state index contributed by atoms with van der Waals surface area (Å²) in [6, 6.07) is 9.22. The maximum Gasteiger partial charge on any atom is 0.0716 e. The Hall–Kier alpha value is -0.570. The zero-order valence-corrected chi connectivity index (χ0v) is 12.0. The number of aryl methyl sites for hydroxylation is 1. The Bertz CT molecular complexity index is 337. The summed E-state index contributed by atoms with van der Waals surface area (Å²) >= 11 is 0. The van der Waals surface area contributed by atoms with Crippen LogP contribution in [0, 0.1) is 6.92 Å². The highest BCUT2D eigenvalue weighted by Crippen LogP contribution is 2.11. The first kappa shape index (κ1) is 15.5. The molecule has 102 valence electrons. The van der Waals surface area contributed by atoms with Crippen molar-refractivity contribution < 1.29 is 4.74 Å². The van der Waals surface area contributed by atoms with E-state index in [1.807, 2.05) is 0 Å². The van der Waals surface area contributed by atoms with Gasteiger partial charge in [-0.05, 0) is 38.3 Å². The second-order valence-electron chi connectivity index (χ2n) is 4.98. The van der Waals surface area contributed by atoms with Gasteiger partial charge in [0.25, 0.3) is 0 Å². The maximum absolute atomic E-state index is 5.74. The minimum atomic E-state index is 0. The van der Waals surface area contributed by atoms with Gasteiger partial charge in [0.05, 0.1) is 6.61 Å². The highest BCUT2D eigenvalue weighted by Gasteiger charge is 2.11. The van der Waals surface area contributed by atoms with E-state index < -0.39 is 0 Å². The van der Waals surface area contributed by atoms with Crippen LogP contribution in [-0.4, -0.2) is 19.2 Å². The van der Waals surface area contributed by atoms with Crippen LogP contribution in [0.4, 0.5) is 0 Å². The van der Waals surface area contributed by atoms with Crippen molar-refractivity contribution in [2.45, 2.75) is 45.3 Å². The molecule has 1 aliphatic rings. The molecule has 1 aromatic carbocycles. The molecule has 0 spiro atoms. The zero-order valence-electron chi connectivity index (χ0n) is 11.2. The van der Waals surface area contributed by atoms with E-state index in [0.29, 0.717) is 6.04 Å². The van der Waals surface area contributed by atoms with Crippen molar-refractivity contribution in [3.63, 3.8) is 0 Å². The molecule has 2 rings (SSSR count). The topological polar surface area (TPSA) is 21.3 Å². The molecule has 2 nitrogen and oxygen atoms in total. The number of piperidine rings is 1. The van der Waals surface area contributed by atoms with Crippen molar-refractivity contribution in [2.75, 3.05) is 13.2 Å². The molecular formula is C15H24ClNO. The summed E-state index contributed by atoms with van der Waals surface area (Å²) < 4.78 is 5.74. The fourth-order valence-electron chi connectivity index (χ4n) is 2.39. The third-order valence-electron chi connectivity index (χ3n) is 3.37. The summed E-state index contributed by atoms with van der Waals surface area (Å²) in [5.74, 6) is 0. The first-order valence-electron chi connectivity index (χ1n) is 6.71. The van der Waals surface area contributed by atoms with E-state index in [1.54, 1.807) is 0 Å². The van der Waals surface area contributed by atoms with Crippen molar-refractivity contribution in [1.82, 2.24) is 5.32 Å². The highest BCUT2D eigenvalue weighted by molar-refractivity contribution is 5.85. The summed E-state index contributed by atoms with van der Waals surface area (Å²) in [6.07, 6.45) is 5.16. The van der Waals surface area contributed by atoms with E-state index in [4.69, 9.17) is 4.74 Å². The van der Waals surface area contributed by atoms with Crippen LogP contribution in [0.25, 0.3) is 0 Å². The monoisotopic (exact) mass is 269 g/mol. The van der Waals surface area contributed by atoms with Gasteiger partial charge in [-0.3, -0.25) is 0 Å². The van der Waals surface area contributed by atoms with Crippen molar-refractivity contribution in [2.24, 2.45) is 0 Å². The first-order chi connectivity index (χ1) is 8.34. The van der Waals surface area contributed by atoms with Crippen LogP contribution in [0.2, 0.25) is 0 Å². The van der Waals surface area contributed by atoms with Gasteiger partial charge >= 0.3 is 0 Å². The lowest BCUT2D eigenvalue weighted by molar-refractivity contribution is 0.108. The molecule has 3 heteroatoms. The average molecular weight is 270 g/mol. The molecule has 1 aliphatic heterocycles.